The molecule has 1 aromatic heterocycles. The van der Waals surface area contributed by atoms with Gasteiger partial charge in [-0.25, -0.2) is 14.4 Å². The van der Waals surface area contributed by atoms with Crippen LogP contribution in [0.3, 0.4) is 0 Å². The summed E-state index contributed by atoms with van der Waals surface area (Å²) in [4.78, 5) is 20.4. The van der Waals surface area contributed by atoms with Crippen LogP contribution < -0.4 is 10.6 Å². The number of amides is 1. The number of hydrogen-bond donors (Lipinski definition) is 2. The molecule has 1 amide bonds. The summed E-state index contributed by atoms with van der Waals surface area (Å²) >= 11 is 0. The summed E-state index contributed by atoms with van der Waals surface area (Å²) < 4.78 is 13.7. The Morgan fingerprint density at radius 2 is 1.85 bits per heavy atom. The summed E-state index contributed by atoms with van der Waals surface area (Å²) in [7, 11) is 0. The van der Waals surface area contributed by atoms with Crippen molar-refractivity contribution in [1.82, 2.24) is 9.97 Å². The molecule has 0 atom stereocenters. The second-order valence-corrected chi connectivity index (χ2v) is 5.74. The molecule has 0 aliphatic heterocycles. The lowest BCUT2D eigenvalue weighted by molar-refractivity contribution is 0.102. The highest BCUT2D eigenvalue weighted by atomic mass is 19.1. The van der Waals surface area contributed by atoms with Crippen molar-refractivity contribution in [2.24, 2.45) is 0 Å². The van der Waals surface area contributed by atoms with Crippen LogP contribution in [0, 0.1) is 5.82 Å². The van der Waals surface area contributed by atoms with Crippen molar-refractivity contribution in [3.8, 4) is 0 Å². The molecule has 6 heteroatoms. The van der Waals surface area contributed by atoms with E-state index in [1.54, 1.807) is 18.2 Å². The van der Waals surface area contributed by atoms with E-state index in [4.69, 9.17) is 0 Å². The van der Waals surface area contributed by atoms with Gasteiger partial charge < -0.3 is 10.6 Å². The SMILES string of the molecule is CCc1ccc(NC(=O)c2cc(NCc3ccccc3F)ncn2)cc1. The van der Waals surface area contributed by atoms with Crippen LogP contribution in [-0.2, 0) is 13.0 Å². The molecule has 0 aliphatic rings. The van der Waals surface area contributed by atoms with E-state index in [-0.39, 0.29) is 24.0 Å². The van der Waals surface area contributed by atoms with Gasteiger partial charge in [0.25, 0.3) is 5.91 Å². The van der Waals surface area contributed by atoms with Gasteiger partial charge in [0.05, 0.1) is 0 Å². The zero-order valence-corrected chi connectivity index (χ0v) is 14.4. The van der Waals surface area contributed by atoms with Gasteiger partial charge in [-0.3, -0.25) is 4.79 Å². The highest BCUT2D eigenvalue weighted by Crippen LogP contribution is 2.13. The minimum absolute atomic E-state index is 0.232. The third kappa shape index (κ3) is 4.42. The molecule has 26 heavy (non-hydrogen) atoms. The van der Waals surface area contributed by atoms with Gasteiger partial charge in [-0.1, -0.05) is 37.3 Å². The van der Waals surface area contributed by atoms with Crippen molar-refractivity contribution in [2.75, 3.05) is 10.6 Å². The minimum Gasteiger partial charge on any atom is -0.366 e. The van der Waals surface area contributed by atoms with Gasteiger partial charge in [0, 0.05) is 23.9 Å². The topological polar surface area (TPSA) is 66.9 Å². The van der Waals surface area contributed by atoms with Crippen LogP contribution >= 0.6 is 0 Å². The van der Waals surface area contributed by atoms with Gasteiger partial charge in [-0.05, 0) is 30.2 Å². The number of hydrogen-bond acceptors (Lipinski definition) is 4. The van der Waals surface area contributed by atoms with E-state index >= 15 is 0 Å². The first-order chi connectivity index (χ1) is 12.7. The number of carbonyl (C=O) groups is 1. The Bertz CT molecular complexity index is 896. The molecule has 0 radical (unpaired) electrons. The van der Waals surface area contributed by atoms with Gasteiger partial charge >= 0.3 is 0 Å². The second kappa shape index (κ2) is 8.20. The summed E-state index contributed by atoms with van der Waals surface area (Å²) in [5.74, 6) is -0.164. The van der Waals surface area contributed by atoms with Gasteiger partial charge in [0.1, 0.15) is 23.7 Å². The number of nitrogens with one attached hydrogen (secondary N) is 2. The monoisotopic (exact) mass is 350 g/mol. The van der Waals surface area contributed by atoms with Crippen LogP contribution in [0.4, 0.5) is 15.9 Å². The number of rotatable bonds is 6. The van der Waals surface area contributed by atoms with Crippen LogP contribution in [0.2, 0.25) is 0 Å². The number of benzene rings is 2. The highest BCUT2D eigenvalue weighted by molar-refractivity contribution is 6.03. The summed E-state index contributed by atoms with van der Waals surface area (Å²) in [6.07, 6.45) is 2.25. The molecule has 132 valence electrons. The molecule has 2 aromatic carbocycles. The van der Waals surface area contributed by atoms with Crippen molar-refractivity contribution >= 4 is 17.4 Å². The molecule has 0 bridgehead atoms. The molecule has 0 saturated carbocycles. The molecule has 0 spiro atoms. The Labute approximate surface area is 151 Å². The lowest BCUT2D eigenvalue weighted by atomic mass is 10.1. The van der Waals surface area contributed by atoms with Crippen LogP contribution in [0.15, 0.2) is 60.9 Å². The fourth-order valence-corrected chi connectivity index (χ4v) is 2.42. The summed E-state index contributed by atoms with van der Waals surface area (Å²) in [6, 6.07) is 15.7. The van der Waals surface area contributed by atoms with Crippen molar-refractivity contribution in [1.29, 1.82) is 0 Å². The van der Waals surface area contributed by atoms with E-state index in [0.717, 1.165) is 6.42 Å². The normalized spacial score (nSPS) is 10.4. The Morgan fingerprint density at radius 1 is 1.08 bits per heavy atom. The standard InChI is InChI=1S/C20H19FN4O/c1-2-14-7-9-16(10-8-14)25-20(26)18-11-19(24-13-23-18)22-12-15-5-3-4-6-17(15)21/h3-11,13H,2,12H2,1H3,(H,25,26)(H,22,23,24). The number of aromatic nitrogens is 2. The summed E-state index contributed by atoms with van der Waals surface area (Å²) in [6.45, 7) is 2.34. The molecule has 3 aromatic rings. The van der Waals surface area contributed by atoms with Crippen LogP contribution in [0.1, 0.15) is 28.5 Å². The van der Waals surface area contributed by atoms with Crippen molar-refractivity contribution in [3.63, 3.8) is 0 Å². The van der Waals surface area contributed by atoms with E-state index in [1.807, 2.05) is 24.3 Å². The van der Waals surface area contributed by atoms with Crippen molar-refractivity contribution in [3.05, 3.63) is 83.6 Å². The van der Waals surface area contributed by atoms with Gasteiger partial charge in [-0.15, -0.1) is 0 Å². The predicted molar refractivity (Wildman–Crippen MR) is 99.5 cm³/mol. The smallest absolute Gasteiger partial charge is 0.274 e. The van der Waals surface area contributed by atoms with Gasteiger partial charge in [-0.2, -0.15) is 0 Å². The molecular weight excluding hydrogens is 331 g/mol. The average molecular weight is 350 g/mol. The zero-order valence-electron chi connectivity index (χ0n) is 14.4. The predicted octanol–water partition coefficient (Wildman–Crippen LogP) is 4.04. The maximum atomic E-state index is 13.7. The fourth-order valence-electron chi connectivity index (χ4n) is 2.42. The van der Waals surface area contributed by atoms with E-state index in [9.17, 15) is 9.18 Å². The van der Waals surface area contributed by atoms with Gasteiger partial charge in [0.2, 0.25) is 0 Å². The molecule has 1 heterocycles. The average Bonchev–Trinajstić information content (AvgIpc) is 2.68. The lowest BCUT2D eigenvalue weighted by Gasteiger charge is -2.08. The van der Waals surface area contributed by atoms with Crippen LogP contribution in [0.5, 0.6) is 0 Å². The maximum absolute atomic E-state index is 13.7. The zero-order chi connectivity index (χ0) is 18.4. The molecule has 0 unspecified atom stereocenters. The Hall–Kier alpha value is -3.28. The number of nitrogens with zero attached hydrogens (tertiary/aromatic N) is 2. The van der Waals surface area contributed by atoms with E-state index < -0.39 is 0 Å². The molecule has 0 fully saturated rings. The molecule has 3 rings (SSSR count). The molecule has 0 saturated heterocycles. The first kappa shape index (κ1) is 17.5. The van der Waals surface area contributed by atoms with Gasteiger partial charge in [0.15, 0.2) is 0 Å². The highest BCUT2D eigenvalue weighted by Gasteiger charge is 2.10. The van der Waals surface area contributed by atoms with E-state index in [2.05, 4.69) is 27.5 Å². The van der Waals surface area contributed by atoms with Crippen molar-refractivity contribution < 1.29 is 9.18 Å². The number of anilines is 2. The largest absolute Gasteiger partial charge is 0.366 e. The Balaban J connectivity index is 1.66. The third-order valence-corrected chi connectivity index (χ3v) is 3.94. The summed E-state index contributed by atoms with van der Waals surface area (Å²) in [5, 5.41) is 5.81. The molecular formula is C20H19FN4O. The number of halogens is 1. The molecule has 0 aliphatic carbocycles. The quantitative estimate of drug-likeness (QED) is 0.704. The first-order valence-electron chi connectivity index (χ1n) is 8.35. The minimum atomic E-state index is -0.328. The lowest BCUT2D eigenvalue weighted by Crippen LogP contribution is -2.14. The first-order valence-corrected chi connectivity index (χ1v) is 8.35. The Morgan fingerprint density at radius 3 is 2.58 bits per heavy atom. The maximum Gasteiger partial charge on any atom is 0.274 e. The number of aryl methyl sites for hydroxylation is 1. The second-order valence-electron chi connectivity index (χ2n) is 5.74. The molecule has 5 nitrogen and oxygen atoms in total. The van der Waals surface area contributed by atoms with Crippen molar-refractivity contribution in [2.45, 2.75) is 19.9 Å². The van der Waals surface area contributed by atoms with E-state index in [0.29, 0.717) is 17.1 Å². The Kier molecular flexibility index (Phi) is 5.53. The fraction of sp³-hybridized carbons (Fsp3) is 0.150. The number of carbonyl (C=O) groups excluding carboxylic acids is 1. The summed E-state index contributed by atoms with van der Waals surface area (Å²) in [5.41, 5.74) is 2.65. The van der Waals surface area contributed by atoms with E-state index in [1.165, 1.54) is 24.0 Å². The van der Waals surface area contributed by atoms with Crippen LogP contribution in [0.25, 0.3) is 0 Å². The molecule has 2 N–H and O–H groups in total. The third-order valence-electron chi connectivity index (χ3n) is 3.94. The van der Waals surface area contributed by atoms with Crippen LogP contribution in [-0.4, -0.2) is 15.9 Å².